The number of β-lactam (4-membered cyclic amide) rings is 1. The third-order valence-corrected chi connectivity index (χ3v) is 11.4. The molecule has 2 aromatic heterocycles. The number of carbonyl (C=O) groups is 4. The molecule has 20 heteroatoms. The number of anilines is 2. The van der Waals surface area contributed by atoms with Gasteiger partial charge < -0.3 is 30.7 Å². The Morgan fingerprint density at radius 1 is 1.24 bits per heavy atom. The highest BCUT2D eigenvalue weighted by atomic mass is 35.5. The van der Waals surface area contributed by atoms with Crippen LogP contribution in [0.5, 0.6) is 0 Å². The van der Waals surface area contributed by atoms with Crippen molar-refractivity contribution in [3.63, 3.8) is 0 Å². The van der Waals surface area contributed by atoms with Gasteiger partial charge >= 0.3 is 0 Å². The first-order valence-electron chi connectivity index (χ1n) is 15.9. The molecule has 3 aromatic rings. The molecule has 0 aliphatic carbocycles. The summed E-state index contributed by atoms with van der Waals surface area (Å²) in [6.45, 7) is 2.83. The minimum atomic E-state index is -1.51. The summed E-state index contributed by atoms with van der Waals surface area (Å²) in [7, 11) is 1.26. The molecule has 0 unspecified atom stereocenters. The van der Waals surface area contributed by atoms with Crippen LogP contribution in [-0.2, 0) is 38.9 Å². The molecular weight excluding hydrogens is 727 g/mol. The van der Waals surface area contributed by atoms with Crippen molar-refractivity contribution in [2.45, 2.75) is 43.9 Å². The van der Waals surface area contributed by atoms with Gasteiger partial charge in [0, 0.05) is 59.0 Å². The number of aliphatic carboxylic acids is 1. The van der Waals surface area contributed by atoms with Crippen molar-refractivity contribution in [3.8, 4) is 0 Å². The van der Waals surface area contributed by atoms with Gasteiger partial charge in [-0.15, -0.1) is 32.5 Å². The predicted octanol–water partition coefficient (Wildman–Crippen LogP) is -0.178. The number of nitrogens with zero attached hydrogens (tertiary/aromatic N) is 7. The summed E-state index contributed by atoms with van der Waals surface area (Å²) in [6, 6.07) is 3.49. The van der Waals surface area contributed by atoms with Gasteiger partial charge in [-0.2, -0.15) is 0 Å². The molecule has 0 bridgehead atoms. The molecule has 3 amide bonds. The third kappa shape index (κ3) is 6.61. The molecule has 4 aliphatic rings. The number of amides is 3. The van der Waals surface area contributed by atoms with Crippen molar-refractivity contribution in [1.29, 1.82) is 0 Å². The number of fused-ring (bicyclic) bond motifs is 2. The van der Waals surface area contributed by atoms with Gasteiger partial charge in [0.25, 0.3) is 17.7 Å². The van der Waals surface area contributed by atoms with E-state index < -0.39 is 40.9 Å². The highest BCUT2D eigenvalue weighted by Crippen LogP contribution is 2.40. The Morgan fingerprint density at radius 2 is 2.02 bits per heavy atom. The van der Waals surface area contributed by atoms with Crippen LogP contribution in [0.3, 0.4) is 0 Å². The van der Waals surface area contributed by atoms with Crippen LogP contribution in [0.4, 0.5) is 15.3 Å². The summed E-state index contributed by atoms with van der Waals surface area (Å²) in [4.78, 5) is 63.4. The highest BCUT2D eigenvalue weighted by Gasteiger charge is 2.53. The number of carboxylic acid groups (broad SMARTS) is 1. The maximum atomic E-state index is 15.3. The highest BCUT2D eigenvalue weighted by molar-refractivity contribution is 8.00. The van der Waals surface area contributed by atoms with Gasteiger partial charge in [-0.05, 0) is 25.0 Å². The van der Waals surface area contributed by atoms with Crippen molar-refractivity contribution in [1.82, 2.24) is 30.3 Å². The van der Waals surface area contributed by atoms with E-state index in [9.17, 15) is 24.3 Å². The fourth-order valence-corrected chi connectivity index (χ4v) is 8.74. The third-order valence-electron chi connectivity index (χ3n) is 9.04. The molecule has 0 radical (unpaired) electrons. The molecule has 1 aromatic carbocycles. The molecule has 4 N–H and O–H groups in total. The SMILES string of the molecule is CO/N=C(\C(=O)N[C@@H]1C(=O)N2C(C(=O)[O-])=C(C[n+]3ccc4n3CCN4Cc3c(F)cc(C(=O)NN4CCCC4)cc3Cl)CS[C@H]12)c1csc(N)n1. The van der Waals surface area contributed by atoms with Crippen LogP contribution in [0.25, 0.3) is 0 Å². The molecule has 51 heavy (non-hydrogen) atoms. The maximum absolute atomic E-state index is 15.3. The molecule has 0 saturated carbocycles. The molecule has 0 spiro atoms. The normalized spacial score (nSPS) is 20.3. The fourth-order valence-electron chi connectivity index (χ4n) is 6.59. The Morgan fingerprint density at radius 3 is 2.71 bits per heavy atom. The number of carboxylic acids is 1. The molecule has 16 nitrogen and oxygen atoms in total. The van der Waals surface area contributed by atoms with Crippen molar-refractivity contribution in [2.75, 3.05) is 43.1 Å². The number of hydrogen-bond donors (Lipinski definition) is 3. The Hall–Kier alpha value is -4.72. The number of hydrazine groups is 1. The molecule has 2 fully saturated rings. The van der Waals surface area contributed by atoms with Gasteiger partial charge in [-0.1, -0.05) is 16.8 Å². The summed E-state index contributed by atoms with van der Waals surface area (Å²) in [6.07, 6.45) is 3.75. The van der Waals surface area contributed by atoms with Gasteiger partial charge in [0.15, 0.2) is 29.4 Å². The van der Waals surface area contributed by atoms with E-state index in [-0.39, 0.29) is 57.2 Å². The van der Waals surface area contributed by atoms with Crippen LogP contribution in [-0.4, -0.2) is 92.9 Å². The molecule has 268 valence electrons. The Labute approximate surface area is 303 Å². The van der Waals surface area contributed by atoms with Crippen LogP contribution < -0.4 is 31.2 Å². The number of nitrogen functional groups attached to an aromatic ring is 1. The Bertz CT molecular complexity index is 1970. The number of halogens is 2. The van der Waals surface area contributed by atoms with E-state index in [0.717, 1.165) is 48.0 Å². The number of nitrogens with one attached hydrogen (secondary N) is 2. The zero-order valence-electron chi connectivity index (χ0n) is 27.1. The number of aromatic nitrogens is 3. The molecule has 7 rings (SSSR count). The topological polar surface area (TPSA) is 194 Å². The quantitative estimate of drug-likeness (QED) is 0.102. The van der Waals surface area contributed by atoms with Crippen LogP contribution in [0.2, 0.25) is 5.02 Å². The number of oxime groups is 1. The number of carbonyl (C=O) groups excluding carboxylic acids is 4. The molecular formula is C31H32ClFN10O6S2. The summed E-state index contributed by atoms with van der Waals surface area (Å²) in [5.74, 6) is -2.84. The first-order valence-corrected chi connectivity index (χ1v) is 18.2. The lowest BCUT2D eigenvalue weighted by Gasteiger charge is -2.50. The van der Waals surface area contributed by atoms with Gasteiger partial charge in [0.2, 0.25) is 0 Å². The van der Waals surface area contributed by atoms with Crippen LogP contribution in [0.1, 0.15) is 34.5 Å². The summed E-state index contributed by atoms with van der Waals surface area (Å²) >= 11 is 8.92. The number of nitrogens with two attached hydrogens (primary N) is 1. The van der Waals surface area contributed by atoms with Crippen molar-refractivity contribution < 1.29 is 38.2 Å². The number of thiazole rings is 1. The van der Waals surface area contributed by atoms with Crippen molar-refractivity contribution in [3.05, 3.63) is 68.7 Å². The first-order chi connectivity index (χ1) is 24.5. The van der Waals surface area contributed by atoms with E-state index >= 15 is 4.39 Å². The second-order valence-electron chi connectivity index (χ2n) is 12.2. The van der Waals surface area contributed by atoms with Crippen LogP contribution in [0.15, 0.2) is 46.2 Å². The lowest BCUT2D eigenvalue weighted by Crippen LogP contribution is -2.71. The minimum Gasteiger partial charge on any atom is -0.543 e. The second-order valence-corrected chi connectivity index (χ2v) is 14.6. The largest absolute Gasteiger partial charge is 0.543 e. The average Bonchev–Trinajstić information content (AvgIpc) is 3.92. The Balaban J connectivity index is 1.04. The standard InChI is InChI=1S/C31H32ClFN10O6S2/c1-49-38-23(21-15-51-31(34)35-21)27(45)36-24-28(46)43-25(30(47)48)17(14-50-29(24)43)12-41-7-4-22-39(8-9-42(22)41)13-18-19(32)10-16(11-20(18)33)26(44)37-40-5-2-3-6-40/h4,7,10-11,15,24,29H,2-3,5-6,8-9,12-14H2,1H3,(H4-,34,35,36,37,44,45,47,48)/b38-23-/t24-,29-/m1/s1. The van der Waals surface area contributed by atoms with Gasteiger partial charge in [0.05, 0.1) is 24.3 Å². The second kappa shape index (κ2) is 14.1. The van der Waals surface area contributed by atoms with Crippen molar-refractivity contribution >= 4 is 75.1 Å². The van der Waals surface area contributed by atoms with E-state index in [4.69, 9.17) is 22.2 Å². The number of rotatable bonds is 11. The Kier molecular flexibility index (Phi) is 9.62. The predicted molar refractivity (Wildman–Crippen MR) is 182 cm³/mol. The van der Waals surface area contributed by atoms with Crippen LogP contribution in [0, 0.1) is 5.82 Å². The molecule has 2 saturated heterocycles. The fraction of sp³-hybridized carbons (Fsp3) is 0.387. The van der Waals surface area contributed by atoms with E-state index in [1.165, 1.54) is 36.4 Å². The van der Waals surface area contributed by atoms with Gasteiger partial charge in [-0.25, -0.2) is 14.4 Å². The lowest BCUT2D eigenvalue weighted by atomic mass is 10.0. The summed E-state index contributed by atoms with van der Waals surface area (Å²) in [5.41, 5.74) is 9.08. The van der Waals surface area contributed by atoms with Crippen molar-refractivity contribution in [2.24, 2.45) is 5.16 Å². The number of hydrogen-bond acceptors (Lipinski definition) is 13. The summed E-state index contributed by atoms with van der Waals surface area (Å²) < 4.78 is 19.1. The van der Waals surface area contributed by atoms with Gasteiger partial charge in [0.1, 0.15) is 30.0 Å². The minimum absolute atomic E-state index is 0.140. The number of benzene rings is 1. The zero-order chi connectivity index (χ0) is 36.0. The molecule has 4 aliphatic heterocycles. The first kappa shape index (κ1) is 34.7. The maximum Gasteiger partial charge on any atom is 0.276 e. The van der Waals surface area contributed by atoms with Gasteiger partial charge in [-0.3, -0.25) is 24.7 Å². The van der Waals surface area contributed by atoms with Crippen LogP contribution >= 0.6 is 34.7 Å². The van der Waals surface area contributed by atoms with E-state index in [2.05, 4.69) is 20.9 Å². The molecule has 6 heterocycles. The zero-order valence-corrected chi connectivity index (χ0v) is 29.5. The van der Waals surface area contributed by atoms with E-state index in [1.54, 1.807) is 6.20 Å². The summed E-state index contributed by atoms with van der Waals surface area (Å²) in [5, 5.41) is 21.8. The molecule has 2 atom stereocenters. The van der Waals surface area contributed by atoms with E-state index in [0.29, 0.717) is 18.7 Å². The lowest BCUT2D eigenvalue weighted by molar-refractivity contribution is -0.766. The monoisotopic (exact) mass is 758 g/mol. The van der Waals surface area contributed by atoms with E-state index in [1.807, 2.05) is 25.3 Å². The number of thioether (sulfide) groups is 1. The average molecular weight is 759 g/mol. The smallest absolute Gasteiger partial charge is 0.276 e.